The van der Waals surface area contributed by atoms with Gasteiger partial charge in [0.1, 0.15) is 7.05 Å². The third-order valence-corrected chi connectivity index (χ3v) is 2.02. The summed E-state index contributed by atoms with van der Waals surface area (Å²) in [5.41, 5.74) is 2.24. The number of benzene rings is 1. The van der Waals surface area contributed by atoms with Crippen molar-refractivity contribution in [2.24, 2.45) is 0 Å². The van der Waals surface area contributed by atoms with Crippen molar-refractivity contribution in [3.05, 3.63) is 41.7 Å². The molecule has 0 saturated carbocycles. The highest BCUT2D eigenvalue weighted by molar-refractivity contribution is 5.73. The second kappa shape index (κ2) is 3.61. The number of hydrogen-bond donors (Lipinski definition) is 1. The Morgan fingerprint density at radius 3 is 2.71 bits per heavy atom. The minimum atomic E-state index is 0.625. The molecule has 0 aliphatic carbocycles. The fraction of sp³-hybridized carbons (Fsp3) is 0.100. The molecular weight excluding hydrogens is 178 g/mol. The lowest BCUT2D eigenvalue weighted by molar-refractivity contribution is 0.837. The average molecular weight is 188 g/mol. The highest BCUT2D eigenvalue weighted by Crippen LogP contribution is 2.27. The van der Waals surface area contributed by atoms with Gasteiger partial charge < -0.3 is 5.21 Å². The molecule has 4 nitrogen and oxygen atoms in total. The van der Waals surface area contributed by atoms with Gasteiger partial charge in [-0.1, -0.05) is 12.1 Å². The van der Waals surface area contributed by atoms with Crippen LogP contribution in [0.3, 0.4) is 0 Å². The SMILES string of the molecule is C[N+]([O-])c1ccccc1-c1cc[nH]n1. The Morgan fingerprint density at radius 1 is 1.29 bits per heavy atom. The molecule has 71 valence electrons. The number of anilines is 1. The number of aromatic amines is 1. The maximum Gasteiger partial charge on any atom is 0.191 e. The van der Waals surface area contributed by atoms with E-state index >= 15 is 0 Å². The fourth-order valence-corrected chi connectivity index (χ4v) is 1.38. The van der Waals surface area contributed by atoms with Crippen LogP contribution in [-0.4, -0.2) is 17.2 Å². The Hall–Kier alpha value is -1.65. The highest BCUT2D eigenvalue weighted by Gasteiger charge is 2.12. The molecule has 14 heavy (non-hydrogen) atoms. The molecule has 1 N–H and O–H groups in total. The summed E-state index contributed by atoms with van der Waals surface area (Å²) in [7, 11) is 1.48. The van der Waals surface area contributed by atoms with Crippen LogP contribution in [0.4, 0.5) is 5.69 Å². The fourth-order valence-electron chi connectivity index (χ4n) is 1.38. The van der Waals surface area contributed by atoms with Crippen molar-refractivity contribution in [1.82, 2.24) is 15.3 Å². The predicted molar refractivity (Wildman–Crippen MR) is 55.1 cm³/mol. The van der Waals surface area contributed by atoms with Gasteiger partial charge in [0, 0.05) is 12.3 Å². The zero-order valence-electron chi connectivity index (χ0n) is 7.77. The van der Waals surface area contributed by atoms with Gasteiger partial charge in [-0.05, 0) is 12.1 Å². The van der Waals surface area contributed by atoms with Crippen molar-refractivity contribution in [3.8, 4) is 11.3 Å². The summed E-state index contributed by atoms with van der Waals surface area (Å²) < 4.78 is 0. The summed E-state index contributed by atoms with van der Waals surface area (Å²) in [5.74, 6) is 0. The molecule has 0 amide bonds. The van der Waals surface area contributed by atoms with Gasteiger partial charge in [0.2, 0.25) is 0 Å². The maximum atomic E-state index is 11.2. The van der Waals surface area contributed by atoms with Gasteiger partial charge in [0.15, 0.2) is 5.69 Å². The first-order valence-electron chi connectivity index (χ1n) is 4.29. The smallest absolute Gasteiger partial charge is 0.191 e. The Bertz CT molecular complexity index is 409. The van der Waals surface area contributed by atoms with Gasteiger partial charge >= 0.3 is 0 Å². The first-order chi connectivity index (χ1) is 6.79. The van der Waals surface area contributed by atoms with E-state index in [2.05, 4.69) is 10.2 Å². The largest absolute Gasteiger partial charge is 0.576 e. The quantitative estimate of drug-likeness (QED) is 0.578. The monoisotopic (exact) mass is 188 g/mol. The zero-order chi connectivity index (χ0) is 9.97. The highest BCUT2D eigenvalue weighted by atomic mass is 16.5. The molecule has 4 heteroatoms. The van der Waals surface area contributed by atoms with Crippen LogP contribution in [0, 0.1) is 5.21 Å². The Kier molecular flexibility index (Phi) is 2.30. The van der Waals surface area contributed by atoms with Crippen LogP contribution in [0.5, 0.6) is 0 Å². The third kappa shape index (κ3) is 1.53. The molecular formula is C10H10N3O. The van der Waals surface area contributed by atoms with Gasteiger partial charge in [-0.25, -0.2) is 0 Å². The second-order valence-corrected chi connectivity index (χ2v) is 2.97. The van der Waals surface area contributed by atoms with E-state index in [0.717, 1.165) is 16.3 Å². The molecule has 0 atom stereocenters. The molecule has 0 aliphatic rings. The number of rotatable bonds is 2. The molecule has 1 radical (unpaired) electrons. The van der Waals surface area contributed by atoms with Crippen LogP contribution in [0.1, 0.15) is 0 Å². The lowest BCUT2D eigenvalue weighted by Crippen LogP contribution is -2.08. The first kappa shape index (κ1) is 8.93. The number of nitrogens with zero attached hydrogens (tertiary/aromatic N) is 2. The average Bonchev–Trinajstić information content (AvgIpc) is 2.70. The number of hydrogen-bond acceptors (Lipinski definition) is 3. The number of aromatic nitrogens is 2. The van der Waals surface area contributed by atoms with E-state index in [0.29, 0.717) is 5.69 Å². The minimum Gasteiger partial charge on any atom is -0.576 e. The summed E-state index contributed by atoms with van der Waals surface area (Å²) in [4.78, 5) is 0. The van der Waals surface area contributed by atoms with Crippen LogP contribution in [-0.2, 0) is 0 Å². The van der Waals surface area contributed by atoms with Crippen molar-refractivity contribution in [3.63, 3.8) is 0 Å². The predicted octanol–water partition coefficient (Wildman–Crippen LogP) is 1.98. The summed E-state index contributed by atoms with van der Waals surface area (Å²) in [6.07, 6.45) is 1.73. The maximum absolute atomic E-state index is 11.2. The molecule has 0 aliphatic heterocycles. The van der Waals surface area contributed by atoms with Crippen molar-refractivity contribution >= 4 is 5.69 Å². The van der Waals surface area contributed by atoms with E-state index in [1.54, 1.807) is 12.3 Å². The lowest BCUT2D eigenvalue weighted by Gasteiger charge is -2.10. The number of H-pyrrole nitrogens is 1. The van der Waals surface area contributed by atoms with Crippen LogP contribution in [0.2, 0.25) is 0 Å². The molecule has 1 aromatic heterocycles. The minimum absolute atomic E-state index is 0.625. The van der Waals surface area contributed by atoms with E-state index in [9.17, 15) is 5.21 Å². The van der Waals surface area contributed by atoms with Crippen molar-refractivity contribution in [1.29, 1.82) is 0 Å². The standard InChI is InChI=1S/C10H10N3O/c1-13(14)10-5-3-2-4-8(10)9-6-7-11-12-9/h2-7H,1H3,(H,11,12). The molecule has 2 aromatic rings. The Morgan fingerprint density at radius 2 is 2.07 bits per heavy atom. The summed E-state index contributed by atoms with van der Waals surface area (Å²) in [6.45, 7) is 0. The molecule has 1 aromatic carbocycles. The molecule has 0 bridgehead atoms. The third-order valence-electron chi connectivity index (χ3n) is 2.02. The molecule has 0 fully saturated rings. The van der Waals surface area contributed by atoms with Gasteiger partial charge in [0.05, 0.1) is 11.3 Å². The van der Waals surface area contributed by atoms with Gasteiger partial charge in [-0.2, -0.15) is 10.2 Å². The van der Waals surface area contributed by atoms with Gasteiger partial charge in [-0.15, -0.1) is 0 Å². The van der Waals surface area contributed by atoms with E-state index in [-0.39, 0.29) is 0 Å². The Balaban J connectivity index is 2.53. The van der Waals surface area contributed by atoms with Gasteiger partial charge in [-0.3, -0.25) is 5.10 Å². The first-order valence-corrected chi connectivity index (χ1v) is 4.29. The molecule has 0 saturated heterocycles. The van der Waals surface area contributed by atoms with Crippen LogP contribution in [0.25, 0.3) is 11.3 Å². The normalized spacial score (nSPS) is 10.8. The van der Waals surface area contributed by atoms with Crippen LogP contribution >= 0.6 is 0 Å². The van der Waals surface area contributed by atoms with E-state index in [1.165, 1.54) is 7.05 Å². The van der Waals surface area contributed by atoms with Crippen molar-refractivity contribution < 1.29 is 0 Å². The molecule has 2 rings (SSSR count). The molecule has 0 spiro atoms. The van der Waals surface area contributed by atoms with Crippen molar-refractivity contribution in [2.45, 2.75) is 0 Å². The van der Waals surface area contributed by atoms with E-state index in [1.807, 2.05) is 24.3 Å². The van der Waals surface area contributed by atoms with Crippen LogP contribution < -0.4 is 5.06 Å². The summed E-state index contributed by atoms with van der Waals surface area (Å²) in [6, 6.07) is 9.20. The molecule has 0 unspecified atom stereocenters. The number of nitrogens with one attached hydrogen (secondary N) is 1. The zero-order valence-corrected chi connectivity index (χ0v) is 7.77. The number of para-hydroxylation sites is 1. The van der Waals surface area contributed by atoms with E-state index < -0.39 is 0 Å². The van der Waals surface area contributed by atoms with E-state index in [4.69, 9.17) is 0 Å². The number of hydroxylamine groups is 1. The Labute approximate surface area is 81.8 Å². The summed E-state index contributed by atoms with van der Waals surface area (Å²) in [5, 5.41) is 18.8. The lowest BCUT2D eigenvalue weighted by atomic mass is 10.1. The van der Waals surface area contributed by atoms with Crippen LogP contribution in [0.15, 0.2) is 36.5 Å². The van der Waals surface area contributed by atoms with Crippen molar-refractivity contribution in [2.75, 3.05) is 7.05 Å². The topological polar surface area (TPSA) is 57.6 Å². The molecule has 1 heterocycles. The van der Waals surface area contributed by atoms with Gasteiger partial charge in [0.25, 0.3) is 0 Å². The second-order valence-electron chi connectivity index (χ2n) is 2.97. The summed E-state index contributed by atoms with van der Waals surface area (Å²) >= 11 is 0.